The Hall–Kier alpha value is -18.9. The lowest BCUT2D eigenvalue weighted by atomic mass is 9.74. The molecule has 0 radical (unpaired) electrons. The zero-order valence-corrected chi connectivity index (χ0v) is 79.0. The smallest absolute Gasteiger partial charge is 0.0780 e. The molecule has 2 heteroatoms. The number of benzene rings is 24. The van der Waals surface area contributed by atoms with Crippen molar-refractivity contribution in [1.82, 2.24) is 9.97 Å². The summed E-state index contributed by atoms with van der Waals surface area (Å²) in [4.78, 5) is 10.6. The van der Waals surface area contributed by atoms with Crippen LogP contribution < -0.4 is 0 Å². The molecule has 0 bridgehead atoms. The van der Waals surface area contributed by atoms with E-state index in [0.29, 0.717) is 0 Å². The maximum Gasteiger partial charge on any atom is 0.0780 e. The van der Waals surface area contributed by atoms with E-state index in [1.54, 1.807) is 0 Å². The first kappa shape index (κ1) is 85.6. The molecule has 0 aliphatic carbocycles. The Morgan fingerprint density at radius 3 is 0.639 bits per heavy atom. The molecule has 0 spiro atoms. The van der Waals surface area contributed by atoms with Crippen LogP contribution in [0.15, 0.2) is 558 Å². The molecule has 144 heavy (non-hydrogen) atoms. The first-order valence-electron chi connectivity index (χ1n) is 49.6. The molecule has 24 aromatic carbocycles. The van der Waals surface area contributed by atoms with Crippen LogP contribution in [0.4, 0.5) is 0 Å². The molecule has 0 fully saturated rings. The molecule has 0 aliphatic rings. The van der Waals surface area contributed by atoms with Crippen LogP contribution in [0.2, 0.25) is 0 Å². The normalized spacial score (nSPS) is 11.5. The number of rotatable bonds is 19. The van der Waals surface area contributed by atoms with Gasteiger partial charge < -0.3 is 0 Å². The van der Waals surface area contributed by atoms with Crippen molar-refractivity contribution in [1.29, 1.82) is 0 Å². The van der Waals surface area contributed by atoms with Crippen LogP contribution in [-0.2, 0) is 0 Å². The second-order valence-electron chi connectivity index (χ2n) is 37.4. The van der Waals surface area contributed by atoms with Gasteiger partial charge in [-0.05, 0) is 280 Å². The number of hydrogen-bond donors (Lipinski definition) is 0. The molecule has 2 heterocycles. The molecule has 0 saturated heterocycles. The summed E-state index contributed by atoms with van der Waals surface area (Å²) in [7, 11) is 0. The summed E-state index contributed by atoms with van der Waals surface area (Å²) in [6, 6.07) is 204. The van der Waals surface area contributed by atoms with E-state index >= 15 is 0 Å². The number of fused-ring (bicyclic) bond motifs is 6. The predicted octanol–water partition coefficient (Wildman–Crippen LogP) is 39.1. The number of para-hydroxylation sites is 1. The van der Waals surface area contributed by atoms with E-state index in [2.05, 4.69) is 546 Å². The van der Waals surface area contributed by atoms with E-state index in [0.717, 1.165) is 178 Å². The average Bonchev–Trinajstić information content (AvgIpc) is 0.723. The van der Waals surface area contributed by atoms with E-state index in [1.807, 2.05) is 12.3 Å². The Labute approximate surface area is 838 Å². The lowest BCUT2D eigenvalue weighted by molar-refractivity contribution is 1.40. The molecule has 0 N–H and O–H groups in total. The lowest BCUT2D eigenvalue weighted by Crippen LogP contribution is -2.02. The number of hydrogen-bond acceptors (Lipinski definition) is 2. The van der Waals surface area contributed by atoms with Crippen LogP contribution in [0.1, 0.15) is 0 Å². The summed E-state index contributed by atoms with van der Waals surface area (Å²) < 4.78 is 0. The third-order valence-corrected chi connectivity index (χ3v) is 29.0. The maximum atomic E-state index is 5.65. The van der Waals surface area contributed by atoms with Crippen LogP contribution in [0.25, 0.3) is 276 Å². The van der Waals surface area contributed by atoms with E-state index < -0.39 is 0 Å². The Kier molecular flexibility index (Phi) is 22.1. The van der Waals surface area contributed by atoms with Crippen molar-refractivity contribution in [3.05, 3.63) is 558 Å². The fourth-order valence-electron chi connectivity index (χ4n) is 22.9. The van der Waals surface area contributed by atoms with Crippen molar-refractivity contribution < 1.29 is 0 Å². The minimum atomic E-state index is 0.889. The summed E-state index contributed by atoms with van der Waals surface area (Å²) in [5, 5.41) is 11.6. The fraction of sp³-hybridized carbons (Fsp3) is 0. The first-order chi connectivity index (χ1) is 71.5. The average molecular weight is 1830 g/mol. The molecule has 0 unspecified atom stereocenters. The van der Waals surface area contributed by atoms with Crippen molar-refractivity contribution >= 4 is 64.9 Å². The Balaban J connectivity index is 0.603. The molecular weight excluding hydrogens is 1730 g/mol. The molecule has 0 atom stereocenters. The van der Waals surface area contributed by atoms with E-state index in [1.165, 1.54) is 98.7 Å². The maximum absolute atomic E-state index is 5.65. The fourth-order valence-corrected chi connectivity index (χ4v) is 22.9. The molecular formula is C142H92N2. The van der Waals surface area contributed by atoms with Crippen LogP contribution in [0.5, 0.6) is 0 Å². The van der Waals surface area contributed by atoms with E-state index in [-0.39, 0.29) is 0 Å². The Bertz CT molecular complexity index is 9190. The van der Waals surface area contributed by atoms with Crippen molar-refractivity contribution in [3.63, 3.8) is 0 Å². The van der Waals surface area contributed by atoms with Gasteiger partial charge in [0.25, 0.3) is 0 Å². The monoisotopic (exact) mass is 1820 g/mol. The molecule has 0 amide bonds. The summed E-state index contributed by atoms with van der Waals surface area (Å²) in [5.74, 6) is 0. The van der Waals surface area contributed by atoms with Crippen molar-refractivity contribution in [2.75, 3.05) is 0 Å². The van der Waals surface area contributed by atoms with Crippen molar-refractivity contribution in [2.45, 2.75) is 0 Å². The number of nitrogens with zero attached hydrogens (tertiary/aromatic N) is 2. The van der Waals surface area contributed by atoms with Gasteiger partial charge in [-0.2, -0.15) is 0 Å². The highest BCUT2D eigenvalue weighted by Gasteiger charge is 2.34. The lowest BCUT2D eigenvalue weighted by Gasteiger charge is -2.29. The molecule has 670 valence electrons. The van der Waals surface area contributed by atoms with Gasteiger partial charge in [-0.3, -0.25) is 4.98 Å². The van der Waals surface area contributed by atoms with Crippen LogP contribution in [0.3, 0.4) is 0 Å². The predicted molar refractivity (Wildman–Crippen MR) is 610 cm³/mol. The van der Waals surface area contributed by atoms with E-state index in [4.69, 9.17) is 9.97 Å². The van der Waals surface area contributed by atoms with Gasteiger partial charge in [-0.1, -0.05) is 510 Å². The van der Waals surface area contributed by atoms with Crippen LogP contribution >= 0.6 is 0 Å². The zero-order chi connectivity index (χ0) is 95.3. The van der Waals surface area contributed by atoms with Crippen molar-refractivity contribution in [3.8, 4) is 212 Å². The van der Waals surface area contributed by atoms with Crippen LogP contribution in [-0.4, -0.2) is 9.97 Å². The third kappa shape index (κ3) is 15.3. The van der Waals surface area contributed by atoms with Gasteiger partial charge in [-0.15, -0.1) is 0 Å². The topological polar surface area (TPSA) is 25.8 Å². The Morgan fingerprint density at radius 2 is 0.326 bits per heavy atom. The molecule has 2 nitrogen and oxygen atoms in total. The SMILES string of the molecule is c1ccc(-c2c(-c3ccccc3)c(-c3ccccc3)c(-c3cccc(-c4c5ccccc5c(-c5cccc(-c6ccc7ccc(-c8ccc(-c9c(-c%10ccccc%10)c(-c%10ccccc%10)c(-c%10ccccc%10)c(-c%10cccc(-c%11c%12ccccc%12c(-c%12cccc(-c%13cccc%14cccnc%13%14)c%12)c%12ccccc%11%12)c%10)c9-c9ccccc9)cc8)nc7c6)c5)c5ccccc45)c3)c(-c3ccccc3)c2-c2ccccc2)cc1. The third-order valence-electron chi connectivity index (χ3n) is 29.0. The van der Waals surface area contributed by atoms with Crippen LogP contribution in [0, 0.1) is 0 Å². The first-order valence-corrected chi connectivity index (χ1v) is 49.6. The largest absolute Gasteiger partial charge is 0.256 e. The minimum Gasteiger partial charge on any atom is -0.256 e. The highest BCUT2D eigenvalue weighted by molar-refractivity contribution is 6.25. The number of aromatic nitrogens is 2. The highest BCUT2D eigenvalue weighted by Crippen LogP contribution is 2.60. The zero-order valence-electron chi connectivity index (χ0n) is 79.0. The van der Waals surface area contributed by atoms with Gasteiger partial charge in [0.15, 0.2) is 0 Å². The van der Waals surface area contributed by atoms with Gasteiger partial charge >= 0.3 is 0 Å². The standard InChI is InChI=1S/C142H92N2/c1-10-42-95(43-11-1)130-131(96-44-12-2-13-45-96)135(100-52-20-6-21-53-100)140(136(101-54-22-7-23-55-101)132(130)97-46-14-3-15-47-97)113-67-38-65-111(90-113)128-120-74-32-28-70-116(120)126(117-71-29-33-75-121(117)128)109-63-36-61-106(88-109)107-84-81-94-85-86-124(144-125(94)92-107)93-79-82-104(83-80-93)139-134(99-50-18-5-19-51-99)133(98-48-16-4-17-49-98)137(102-56-24-8-25-57-102)141(138(139)103-58-26-9-27-59-103)114-68-39-66-112(91-114)129-122-76-34-30-72-118(122)127(119-73-31-35-77-123(119)129)110-64-37-62-108(89-110)115-78-40-60-105-69-41-87-143-142(105)115/h1-92H. The van der Waals surface area contributed by atoms with Crippen molar-refractivity contribution in [2.24, 2.45) is 0 Å². The molecule has 0 aliphatic heterocycles. The summed E-state index contributed by atoms with van der Waals surface area (Å²) in [5.41, 5.74) is 45.0. The number of pyridine rings is 2. The molecule has 0 saturated carbocycles. The summed E-state index contributed by atoms with van der Waals surface area (Å²) >= 11 is 0. The summed E-state index contributed by atoms with van der Waals surface area (Å²) in [6.07, 6.45) is 1.90. The van der Waals surface area contributed by atoms with Gasteiger partial charge in [0.05, 0.1) is 16.7 Å². The molecule has 2 aromatic heterocycles. The molecule has 26 aromatic rings. The molecule has 26 rings (SSSR count). The van der Waals surface area contributed by atoms with Gasteiger partial charge in [0.1, 0.15) is 0 Å². The highest BCUT2D eigenvalue weighted by atomic mass is 14.7. The minimum absolute atomic E-state index is 0.889. The van der Waals surface area contributed by atoms with Gasteiger partial charge in [0, 0.05) is 28.1 Å². The second-order valence-corrected chi connectivity index (χ2v) is 37.4. The van der Waals surface area contributed by atoms with E-state index in [9.17, 15) is 0 Å². The second kappa shape index (κ2) is 37.1. The quantitative estimate of drug-likeness (QED) is 0.0754. The summed E-state index contributed by atoms with van der Waals surface area (Å²) in [6.45, 7) is 0. The Morgan fingerprint density at radius 1 is 0.118 bits per heavy atom. The van der Waals surface area contributed by atoms with Gasteiger partial charge in [-0.25, -0.2) is 4.98 Å². The van der Waals surface area contributed by atoms with Gasteiger partial charge in [0.2, 0.25) is 0 Å².